The monoisotopic (exact) mass is 280 g/mol. The quantitative estimate of drug-likeness (QED) is 0.887. The van der Waals surface area contributed by atoms with Crippen molar-refractivity contribution in [1.29, 1.82) is 0 Å². The number of carbonyl (C=O) groups excluding carboxylic acids is 1. The highest BCUT2D eigenvalue weighted by Crippen LogP contribution is 2.47. The minimum atomic E-state index is -0.0369. The molecule has 19 heavy (non-hydrogen) atoms. The van der Waals surface area contributed by atoms with E-state index in [1.807, 2.05) is 0 Å². The van der Waals surface area contributed by atoms with Crippen LogP contribution in [0.5, 0.6) is 0 Å². The van der Waals surface area contributed by atoms with Crippen molar-refractivity contribution in [3.05, 3.63) is 5.01 Å². The Bertz CT molecular complexity index is 485. The van der Waals surface area contributed by atoms with Gasteiger partial charge in [0.05, 0.1) is 5.92 Å². The summed E-state index contributed by atoms with van der Waals surface area (Å²) < 4.78 is 0. The van der Waals surface area contributed by atoms with Gasteiger partial charge < -0.3 is 11.1 Å². The van der Waals surface area contributed by atoms with Crippen molar-refractivity contribution in [2.75, 3.05) is 5.32 Å². The zero-order chi connectivity index (χ0) is 13.6. The van der Waals surface area contributed by atoms with Crippen LogP contribution in [0.25, 0.3) is 0 Å². The Morgan fingerprint density at radius 3 is 2.68 bits per heavy atom. The second-order valence-corrected chi connectivity index (χ2v) is 7.03. The first-order valence-electron chi connectivity index (χ1n) is 6.96. The molecule has 2 aliphatic carbocycles. The Morgan fingerprint density at radius 1 is 1.37 bits per heavy atom. The number of aromatic nitrogens is 2. The van der Waals surface area contributed by atoms with Crippen LogP contribution in [0.3, 0.4) is 0 Å². The number of hydrogen-bond acceptors (Lipinski definition) is 5. The van der Waals surface area contributed by atoms with Gasteiger partial charge in [0.1, 0.15) is 5.01 Å². The molecule has 5 nitrogen and oxygen atoms in total. The normalized spacial score (nSPS) is 33.1. The van der Waals surface area contributed by atoms with Crippen LogP contribution in [0.15, 0.2) is 0 Å². The predicted octanol–water partition coefficient (Wildman–Crippen LogP) is 1.97. The van der Waals surface area contributed by atoms with Gasteiger partial charge in [-0.25, -0.2) is 0 Å². The molecule has 104 valence electrons. The summed E-state index contributed by atoms with van der Waals surface area (Å²) in [6.45, 7) is 4.13. The van der Waals surface area contributed by atoms with E-state index in [-0.39, 0.29) is 17.9 Å². The molecule has 0 saturated heterocycles. The Balaban J connectivity index is 1.68. The maximum absolute atomic E-state index is 12.3. The van der Waals surface area contributed by atoms with E-state index >= 15 is 0 Å². The molecule has 0 aliphatic heterocycles. The number of rotatable bonds is 3. The molecule has 3 N–H and O–H groups in total. The van der Waals surface area contributed by atoms with Crippen LogP contribution >= 0.6 is 11.3 Å². The highest BCUT2D eigenvalue weighted by atomic mass is 32.1. The van der Waals surface area contributed by atoms with Crippen molar-refractivity contribution in [3.63, 3.8) is 0 Å². The zero-order valence-corrected chi connectivity index (χ0v) is 12.1. The SMILES string of the molecule is CC(C)c1nnc(NC(=O)C2C3CCC(C3)C2N)s1. The first kappa shape index (κ1) is 13.0. The largest absolute Gasteiger partial charge is 0.327 e. The van der Waals surface area contributed by atoms with Crippen LogP contribution in [0.4, 0.5) is 5.13 Å². The first-order valence-corrected chi connectivity index (χ1v) is 7.77. The molecule has 2 bridgehead atoms. The van der Waals surface area contributed by atoms with E-state index in [4.69, 9.17) is 5.73 Å². The molecule has 3 rings (SSSR count). The molecule has 2 saturated carbocycles. The fourth-order valence-corrected chi connectivity index (χ4v) is 4.18. The van der Waals surface area contributed by atoms with Gasteiger partial charge in [-0.1, -0.05) is 25.2 Å². The van der Waals surface area contributed by atoms with Gasteiger partial charge >= 0.3 is 0 Å². The van der Waals surface area contributed by atoms with Crippen LogP contribution in [-0.4, -0.2) is 22.1 Å². The lowest BCUT2D eigenvalue weighted by molar-refractivity contribution is -0.121. The summed E-state index contributed by atoms with van der Waals surface area (Å²) in [6.07, 6.45) is 3.45. The van der Waals surface area contributed by atoms with E-state index in [0.717, 1.165) is 17.8 Å². The fourth-order valence-electron chi connectivity index (χ4n) is 3.43. The highest BCUT2D eigenvalue weighted by Gasteiger charge is 2.49. The van der Waals surface area contributed by atoms with Gasteiger partial charge in [0.15, 0.2) is 0 Å². The summed E-state index contributed by atoms with van der Waals surface area (Å²) in [5, 5.41) is 12.6. The second kappa shape index (κ2) is 4.83. The van der Waals surface area contributed by atoms with E-state index in [2.05, 4.69) is 29.4 Å². The lowest BCUT2D eigenvalue weighted by atomic mass is 9.84. The second-order valence-electron chi connectivity index (χ2n) is 6.03. The van der Waals surface area contributed by atoms with Crippen molar-refractivity contribution in [2.45, 2.75) is 45.1 Å². The molecule has 1 heterocycles. The maximum atomic E-state index is 12.3. The summed E-state index contributed by atoms with van der Waals surface area (Å²) in [6, 6.07) is 0.0243. The molecular formula is C13H20N4OS. The molecule has 4 unspecified atom stereocenters. The molecule has 4 atom stereocenters. The average molecular weight is 280 g/mol. The Morgan fingerprint density at radius 2 is 2.11 bits per heavy atom. The average Bonchev–Trinajstić information content (AvgIpc) is 3.02. The molecule has 1 aromatic heterocycles. The molecule has 2 aliphatic rings. The summed E-state index contributed by atoms with van der Waals surface area (Å²) in [5.41, 5.74) is 6.18. The van der Waals surface area contributed by atoms with E-state index in [0.29, 0.717) is 22.9 Å². The summed E-state index contributed by atoms with van der Waals surface area (Å²) in [7, 11) is 0. The van der Waals surface area contributed by atoms with Crippen LogP contribution in [0.1, 0.15) is 44.0 Å². The number of amides is 1. The van der Waals surface area contributed by atoms with Crippen LogP contribution in [-0.2, 0) is 4.79 Å². The lowest BCUT2D eigenvalue weighted by Gasteiger charge is -2.26. The summed E-state index contributed by atoms with van der Waals surface area (Å²) in [5.74, 6) is 1.35. The third-order valence-corrected chi connectivity index (χ3v) is 5.59. The number of anilines is 1. The Hall–Kier alpha value is -1.01. The minimum absolute atomic E-state index is 0.0243. The maximum Gasteiger partial charge on any atom is 0.231 e. The van der Waals surface area contributed by atoms with Gasteiger partial charge in [0.25, 0.3) is 0 Å². The Labute approximate surface area is 117 Å². The van der Waals surface area contributed by atoms with Gasteiger partial charge in [0.2, 0.25) is 11.0 Å². The van der Waals surface area contributed by atoms with Crippen molar-refractivity contribution >= 4 is 22.4 Å². The third kappa shape index (κ3) is 2.27. The molecular weight excluding hydrogens is 260 g/mol. The zero-order valence-electron chi connectivity index (χ0n) is 11.3. The molecule has 1 amide bonds. The predicted molar refractivity (Wildman–Crippen MR) is 74.9 cm³/mol. The molecule has 0 aromatic carbocycles. The lowest BCUT2D eigenvalue weighted by Crippen LogP contribution is -2.42. The number of carbonyl (C=O) groups is 1. The highest BCUT2D eigenvalue weighted by molar-refractivity contribution is 7.15. The number of nitrogens with one attached hydrogen (secondary N) is 1. The minimum Gasteiger partial charge on any atom is -0.327 e. The topological polar surface area (TPSA) is 80.9 Å². The van der Waals surface area contributed by atoms with Gasteiger partial charge in [-0.15, -0.1) is 10.2 Å². The number of fused-ring (bicyclic) bond motifs is 2. The molecule has 0 radical (unpaired) electrons. The van der Waals surface area contributed by atoms with Crippen molar-refractivity contribution in [3.8, 4) is 0 Å². The summed E-state index contributed by atoms with van der Waals surface area (Å²) >= 11 is 1.45. The van der Waals surface area contributed by atoms with Crippen molar-refractivity contribution < 1.29 is 4.79 Å². The van der Waals surface area contributed by atoms with Crippen molar-refractivity contribution in [2.24, 2.45) is 23.5 Å². The van der Waals surface area contributed by atoms with Gasteiger partial charge in [-0.2, -0.15) is 0 Å². The first-order chi connectivity index (χ1) is 9.06. The molecule has 2 fully saturated rings. The molecule has 1 aromatic rings. The number of nitrogens with two attached hydrogens (primary N) is 1. The molecule has 0 spiro atoms. The van der Waals surface area contributed by atoms with Gasteiger partial charge in [-0.3, -0.25) is 4.79 Å². The van der Waals surface area contributed by atoms with E-state index < -0.39 is 0 Å². The molecule has 6 heteroatoms. The van der Waals surface area contributed by atoms with E-state index in [9.17, 15) is 4.79 Å². The third-order valence-electron chi connectivity index (χ3n) is 4.45. The Kier molecular flexibility index (Phi) is 3.30. The van der Waals surface area contributed by atoms with E-state index in [1.54, 1.807) is 0 Å². The van der Waals surface area contributed by atoms with Gasteiger partial charge in [0, 0.05) is 12.0 Å². The smallest absolute Gasteiger partial charge is 0.231 e. The van der Waals surface area contributed by atoms with Crippen molar-refractivity contribution in [1.82, 2.24) is 10.2 Å². The van der Waals surface area contributed by atoms with Gasteiger partial charge in [-0.05, 0) is 31.1 Å². The van der Waals surface area contributed by atoms with Crippen LogP contribution in [0, 0.1) is 17.8 Å². The van der Waals surface area contributed by atoms with E-state index in [1.165, 1.54) is 17.8 Å². The standard InChI is InChI=1S/C13H20N4OS/c1-6(2)12-16-17-13(19-12)15-11(18)9-7-3-4-8(5-7)10(9)14/h6-10H,3-5,14H2,1-2H3,(H,15,17,18). The number of nitrogens with zero attached hydrogens (tertiary/aromatic N) is 2. The van der Waals surface area contributed by atoms with Crippen LogP contribution in [0.2, 0.25) is 0 Å². The fraction of sp³-hybridized carbons (Fsp3) is 0.769. The summed E-state index contributed by atoms with van der Waals surface area (Å²) in [4.78, 5) is 12.3. The number of hydrogen-bond donors (Lipinski definition) is 2. The van der Waals surface area contributed by atoms with Crippen LogP contribution < -0.4 is 11.1 Å².